The van der Waals surface area contributed by atoms with Crippen molar-refractivity contribution < 1.29 is 30.8 Å². The molecule has 3 aromatic heterocycles. The van der Waals surface area contributed by atoms with Gasteiger partial charge in [0.1, 0.15) is 5.76 Å². The normalized spacial score (nSPS) is 12.1. The Hall–Kier alpha value is -3.05. The van der Waals surface area contributed by atoms with Gasteiger partial charge in [-0.25, -0.2) is 4.98 Å². The molecule has 3 aromatic rings. The van der Waals surface area contributed by atoms with Crippen LogP contribution >= 0.6 is 0 Å². The molecule has 0 aliphatic carbocycles. The number of pyridine rings is 1. The Morgan fingerprint density at radius 1 is 1.20 bits per heavy atom. The van der Waals surface area contributed by atoms with Crippen molar-refractivity contribution in [1.29, 1.82) is 0 Å². The van der Waals surface area contributed by atoms with Gasteiger partial charge in [-0.1, -0.05) is 0 Å². The lowest BCUT2D eigenvalue weighted by atomic mass is 10.2. The van der Waals surface area contributed by atoms with Gasteiger partial charge < -0.3 is 13.4 Å². The summed E-state index contributed by atoms with van der Waals surface area (Å²) in [6.07, 6.45) is -5.60. The summed E-state index contributed by atoms with van der Waals surface area (Å²) >= 11 is 0. The number of hydrogen-bond donors (Lipinski definition) is 0. The van der Waals surface area contributed by atoms with Crippen LogP contribution in [0.1, 0.15) is 24.0 Å². The van der Waals surface area contributed by atoms with Crippen molar-refractivity contribution in [2.45, 2.75) is 19.1 Å². The molecule has 0 fully saturated rings. The summed E-state index contributed by atoms with van der Waals surface area (Å²) in [5.41, 5.74) is -0.548. The number of oxazole rings is 1. The van der Waals surface area contributed by atoms with E-state index in [0.717, 1.165) is 16.8 Å². The SMILES string of the molecule is O=c1cc(-c2nnc(C(F)F)o2)ccn1Cc1cnc(C(F)(F)F)o1. The van der Waals surface area contributed by atoms with Gasteiger partial charge in [-0.05, 0) is 6.07 Å². The van der Waals surface area contributed by atoms with Crippen LogP contribution in [0.4, 0.5) is 22.0 Å². The van der Waals surface area contributed by atoms with Crippen molar-refractivity contribution in [3.8, 4) is 11.5 Å². The third-order valence-corrected chi connectivity index (χ3v) is 2.99. The topological polar surface area (TPSA) is 87.0 Å². The predicted molar refractivity (Wildman–Crippen MR) is 69.6 cm³/mol. The Labute approximate surface area is 134 Å². The van der Waals surface area contributed by atoms with E-state index in [1.807, 2.05) is 0 Å². The van der Waals surface area contributed by atoms with Gasteiger partial charge in [0.25, 0.3) is 11.4 Å². The van der Waals surface area contributed by atoms with Crippen LogP contribution in [0.25, 0.3) is 11.5 Å². The second kappa shape index (κ2) is 6.11. The fourth-order valence-electron chi connectivity index (χ4n) is 1.89. The fourth-order valence-corrected chi connectivity index (χ4v) is 1.89. The summed E-state index contributed by atoms with van der Waals surface area (Å²) in [7, 11) is 0. The van der Waals surface area contributed by atoms with Crippen LogP contribution in [0, 0.1) is 0 Å². The first-order valence-electron chi connectivity index (χ1n) is 6.58. The van der Waals surface area contributed by atoms with Crippen molar-refractivity contribution in [2.24, 2.45) is 0 Å². The Kier molecular flexibility index (Phi) is 4.10. The number of hydrogen-bond acceptors (Lipinski definition) is 6. The lowest BCUT2D eigenvalue weighted by molar-refractivity contribution is -0.157. The van der Waals surface area contributed by atoms with Crippen LogP contribution < -0.4 is 5.56 Å². The quantitative estimate of drug-likeness (QED) is 0.664. The summed E-state index contributed by atoms with van der Waals surface area (Å²) in [6.45, 7) is -0.297. The van der Waals surface area contributed by atoms with Crippen LogP contribution in [0.5, 0.6) is 0 Å². The molecule has 0 saturated carbocycles. The Morgan fingerprint density at radius 2 is 1.96 bits per heavy atom. The standard InChI is InChI=1S/C13H7F5N4O3/c14-9(15)11-21-20-10(25-11)6-1-2-22(8(23)3-6)5-7-4-19-12(24-7)13(16,17)18/h1-4,9H,5H2. The van der Waals surface area contributed by atoms with E-state index in [1.165, 1.54) is 12.3 Å². The minimum absolute atomic E-state index is 0.0919. The van der Waals surface area contributed by atoms with E-state index in [9.17, 15) is 26.7 Å². The predicted octanol–water partition coefficient (Wildman–Crippen LogP) is 2.89. The molecule has 0 amide bonds. The second-order valence-corrected chi connectivity index (χ2v) is 4.76. The number of halogens is 5. The maximum Gasteiger partial charge on any atom is 0.468 e. The largest absolute Gasteiger partial charge is 0.468 e. The zero-order valence-corrected chi connectivity index (χ0v) is 12.0. The number of alkyl halides is 5. The molecule has 0 aliphatic heterocycles. The molecule has 12 heteroatoms. The average molecular weight is 362 g/mol. The molecule has 25 heavy (non-hydrogen) atoms. The van der Waals surface area contributed by atoms with Gasteiger partial charge >= 0.3 is 18.5 Å². The minimum atomic E-state index is -4.73. The van der Waals surface area contributed by atoms with E-state index in [0.29, 0.717) is 0 Å². The second-order valence-electron chi connectivity index (χ2n) is 4.76. The van der Waals surface area contributed by atoms with E-state index >= 15 is 0 Å². The molecule has 0 spiro atoms. The molecule has 0 radical (unpaired) electrons. The zero-order chi connectivity index (χ0) is 18.2. The first kappa shape index (κ1) is 16.8. The lowest BCUT2D eigenvalue weighted by Crippen LogP contribution is -2.18. The summed E-state index contributed by atoms with van der Waals surface area (Å²) in [5.74, 6) is -2.77. The van der Waals surface area contributed by atoms with Crippen LogP contribution in [0.3, 0.4) is 0 Å². The van der Waals surface area contributed by atoms with E-state index < -0.39 is 29.9 Å². The van der Waals surface area contributed by atoms with Gasteiger partial charge in [0.15, 0.2) is 0 Å². The van der Waals surface area contributed by atoms with Gasteiger partial charge in [0.2, 0.25) is 5.89 Å². The molecule has 0 aromatic carbocycles. The molecule has 7 nitrogen and oxygen atoms in total. The third kappa shape index (κ3) is 3.56. The summed E-state index contributed by atoms with van der Waals surface area (Å²) in [5, 5.41) is 6.53. The highest BCUT2D eigenvalue weighted by atomic mass is 19.4. The molecular weight excluding hydrogens is 355 g/mol. The highest BCUT2D eigenvalue weighted by Gasteiger charge is 2.37. The highest BCUT2D eigenvalue weighted by molar-refractivity contribution is 5.50. The van der Waals surface area contributed by atoms with Crippen LogP contribution in [-0.4, -0.2) is 19.7 Å². The van der Waals surface area contributed by atoms with Gasteiger partial charge in [-0.2, -0.15) is 22.0 Å². The van der Waals surface area contributed by atoms with Gasteiger partial charge in [-0.3, -0.25) is 4.79 Å². The van der Waals surface area contributed by atoms with Crippen molar-refractivity contribution in [3.63, 3.8) is 0 Å². The Bertz CT molecular complexity index is 944. The maximum absolute atomic E-state index is 12.4. The summed E-state index contributed by atoms with van der Waals surface area (Å²) in [6, 6.07) is 2.33. The van der Waals surface area contributed by atoms with E-state index in [4.69, 9.17) is 4.42 Å². The molecular formula is C13H7F5N4O3. The summed E-state index contributed by atoms with van der Waals surface area (Å²) in [4.78, 5) is 15.1. The smallest absolute Gasteiger partial charge is 0.436 e. The van der Waals surface area contributed by atoms with Gasteiger partial charge in [0.05, 0.1) is 12.7 Å². The maximum atomic E-state index is 12.4. The van der Waals surface area contributed by atoms with Crippen LogP contribution in [0.2, 0.25) is 0 Å². The molecule has 3 rings (SSSR count). The molecule has 0 N–H and O–H groups in total. The molecule has 0 saturated heterocycles. The van der Waals surface area contributed by atoms with Crippen molar-refractivity contribution >= 4 is 0 Å². The van der Waals surface area contributed by atoms with Gasteiger partial charge in [-0.15, -0.1) is 10.2 Å². The monoisotopic (exact) mass is 362 g/mol. The lowest BCUT2D eigenvalue weighted by Gasteiger charge is -2.04. The average Bonchev–Trinajstić information content (AvgIpc) is 3.18. The molecule has 0 bridgehead atoms. The molecule has 0 atom stereocenters. The minimum Gasteiger partial charge on any atom is -0.436 e. The van der Waals surface area contributed by atoms with Crippen LogP contribution in [0.15, 0.2) is 38.2 Å². The first-order chi connectivity index (χ1) is 11.7. The molecule has 132 valence electrons. The number of rotatable bonds is 4. The molecule has 0 unspecified atom stereocenters. The van der Waals surface area contributed by atoms with E-state index in [1.54, 1.807) is 0 Å². The van der Waals surface area contributed by atoms with Crippen LogP contribution in [-0.2, 0) is 12.7 Å². The molecule has 3 heterocycles. The Balaban J connectivity index is 1.82. The van der Waals surface area contributed by atoms with E-state index in [2.05, 4.69) is 19.6 Å². The summed E-state index contributed by atoms with van der Waals surface area (Å²) < 4.78 is 72.3. The number of nitrogens with zero attached hydrogens (tertiary/aromatic N) is 4. The van der Waals surface area contributed by atoms with Crippen molar-refractivity contribution in [1.82, 2.24) is 19.7 Å². The fraction of sp³-hybridized carbons (Fsp3) is 0.231. The van der Waals surface area contributed by atoms with Crippen molar-refractivity contribution in [3.05, 3.63) is 52.4 Å². The number of aromatic nitrogens is 4. The zero-order valence-electron chi connectivity index (χ0n) is 12.0. The highest BCUT2D eigenvalue weighted by Crippen LogP contribution is 2.28. The molecule has 0 aliphatic rings. The van der Waals surface area contributed by atoms with E-state index in [-0.39, 0.29) is 23.8 Å². The van der Waals surface area contributed by atoms with Crippen molar-refractivity contribution in [2.75, 3.05) is 0 Å². The third-order valence-electron chi connectivity index (χ3n) is 2.99. The first-order valence-corrected chi connectivity index (χ1v) is 6.58. The van der Waals surface area contributed by atoms with Gasteiger partial charge in [0, 0.05) is 17.8 Å². The Morgan fingerprint density at radius 3 is 2.52 bits per heavy atom.